The van der Waals surface area contributed by atoms with E-state index in [4.69, 9.17) is 9.47 Å². The second-order valence-electron chi connectivity index (χ2n) is 7.96. The van der Waals surface area contributed by atoms with E-state index in [1.54, 1.807) is 6.08 Å². The Kier molecular flexibility index (Phi) is 7.78. The number of aliphatic hydroxyl groups is 2. The molecule has 1 aliphatic heterocycles. The first-order valence-electron chi connectivity index (χ1n) is 10.4. The number of hydrogen-bond acceptors (Lipinski definition) is 5. The average Bonchev–Trinajstić information content (AvgIpc) is 3.01. The number of esters is 1. The van der Waals surface area contributed by atoms with Crippen molar-refractivity contribution in [1.29, 1.82) is 0 Å². The van der Waals surface area contributed by atoms with Gasteiger partial charge in [0.15, 0.2) is 0 Å². The Morgan fingerprint density at radius 3 is 2.87 bits per heavy atom. The van der Waals surface area contributed by atoms with Crippen LogP contribution in [0.2, 0.25) is 0 Å². The topological polar surface area (TPSA) is 76.0 Å². The van der Waals surface area contributed by atoms with Crippen molar-refractivity contribution < 1.29 is 37.7 Å². The van der Waals surface area contributed by atoms with Crippen molar-refractivity contribution in [3.63, 3.8) is 0 Å². The van der Waals surface area contributed by atoms with Gasteiger partial charge in [0, 0.05) is 24.7 Å². The number of halogens is 3. The van der Waals surface area contributed by atoms with Crippen LogP contribution in [0.3, 0.4) is 0 Å². The van der Waals surface area contributed by atoms with Crippen LogP contribution in [0.1, 0.15) is 37.7 Å². The maximum atomic E-state index is 12.8. The fourth-order valence-electron chi connectivity index (χ4n) is 4.04. The Labute approximate surface area is 179 Å². The molecular weight excluding hydrogens is 413 g/mol. The fraction of sp³-hybridized carbons (Fsp3) is 0.522. The maximum Gasteiger partial charge on any atom is 0.416 e. The zero-order valence-corrected chi connectivity index (χ0v) is 17.0. The van der Waals surface area contributed by atoms with Crippen molar-refractivity contribution in [2.75, 3.05) is 6.61 Å². The van der Waals surface area contributed by atoms with Crippen molar-refractivity contribution in [2.45, 2.75) is 56.6 Å². The van der Waals surface area contributed by atoms with Gasteiger partial charge in [-0.05, 0) is 37.5 Å². The molecule has 0 saturated heterocycles. The Morgan fingerprint density at radius 1 is 1.29 bits per heavy atom. The molecule has 5 nitrogen and oxygen atoms in total. The van der Waals surface area contributed by atoms with Gasteiger partial charge in [0.05, 0.1) is 11.7 Å². The highest BCUT2D eigenvalue weighted by atomic mass is 19.4. The summed E-state index contributed by atoms with van der Waals surface area (Å²) in [5.74, 6) is -0.685. The third-order valence-electron chi connectivity index (χ3n) is 5.64. The number of benzene rings is 1. The van der Waals surface area contributed by atoms with E-state index in [0.29, 0.717) is 19.3 Å². The van der Waals surface area contributed by atoms with E-state index in [-0.39, 0.29) is 30.2 Å². The van der Waals surface area contributed by atoms with Crippen molar-refractivity contribution in [3.8, 4) is 5.75 Å². The van der Waals surface area contributed by atoms with Crippen LogP contribution >= 0.6 is 0 Å². The number of rotatable bonds is 5. The Bertz CT molecular complexity index is 805. The third-order valence-corrected chi connectivity index (χ3v) is 5.64. The summed E-state index contributed by atoms with van der Waals surface area (Å²) in [4.78, 5) is 12.0. The number of carbonyl (C=O) groups is 1. The lowest BCUT2D eigenvalue weighted by molar-refractivity contribution is -0.151. The van der Waals surface area contributed by atoms with Crippen LogP contribution in [0.25, 0.3) is 0 Å². The largest absolute Gasteiger partial charge is 0.491 e. The summed E-state index contributed by atoms with van der Waals surface area (Å²) in [7, 11) is 0. The van der Waals surface area contributed by atoms with Gasteiger partial charge >= 0.3 is 12.1 Å². The number of ether oxygens (including phenoxy) is 2. The van der Waals surface area contributed by atoms with Gasteiger partial charge in [-0.25, -0.2) is 0 Å². The van der Waals surface area contributed by atoms with E-state index in [1.807, 2.05) is 12.2 Å². The van der Waals surface area contributed by atoms with E-state index < -0.39 is 30.1 Å². The smallest absolute Gasteiger partial charge is 0.416 e. The zero-order chi connectivity index (χ0) is 22.4. The predicted molar refractivity (Wildman–Crippen MR) is 107 cm³/mol. The van der Waals surface area contributed by atoms with Crippen molar-refractivity contribution in [2.24, 2.45) is 11.8 Å². The van der Waals surface area contributed by atoms with Gasteiger partial charge in [0.25, 0.3) is 0 Å². The zero-order valence-electron chi connectivity index (χ0n) is 17.0. The summed E-state index contributed by atoms with van der Waals surface area (Å²) in [6, 6.07) is 4.45. The molecule has 1 saturated carbocycles. The van der Waals surface area contributed by atoms with Gasteiger partial charge in [-0.15, -0.1) is 0 Å². The van der Waals surface area contributed by atoms with Gasteiger partial charge in [-0.3, -0.25) is 4.79 Å². The lowest BCUT2D eigenvalue weighted by atomic mass is 9.89. The van der Waals surface area contributed by atoms with Crippen LogP contribution in [-0.2, 0) is 15.7 Å². The molecule has 0 aromatic heterocycles. The number of alkyl halides is 3. The van der Waals surface area contributed by atoms with Crippen molar-refractivity contribution >= 4 is 5.97 Å². The molecule has 0 spiro atoms. The average molecular weight is 440 g/mol. The monoisotopic (exact) mass is 440 g/mol. The van der Waals surface area contributed by atoms with Gasteiger partial charge < -0.3 is 19.7 Å². The molecule has 1 heterocycles. The standard InChI is InChI=1S/C23H27F3O5/c24-23(25,26)15-6-5-7-17(12-15)30-14-16(27)10-11-18-19-8-3-1-2-4-9-22(29)31-21(19)13-20(18)28/h1,3,5-7,10-12,16,18-21,27-28H,2,4,8-9,13-14H2/t16-,18-,19-,20-,21+/m1/s1. The quantitative estimate of drug-likeness (QED) is 0.534. The van der Waals surface area contributed by atoms with Gasteiger partial charge in [0.2, 0.25) is 0 Å². The highest BCUT2D eigenvalue weighted by Crippen LogP contribution is 2.39. The van der Waals surface area contributed by atoms with E-state index >= 15 is 0 Å². The predicted octanol–water partition coefficient (Wildman–Crippen LogP) is 4.04. The molecule has 8 heteroatoms. The lowest BCUT2D eigenvalue weighted by Gasteiger charge is -2.23. The van der Waals surface area contributed by atoms with E-state index in [2.05, 4.69) is 0 Å². The number of fused-ring (bicyclic) bond motifs is 1. The first-order valence-corrected chi connectivity index (χ1v) is 10.4. The highest BCUT2D eigenvalue weighted by Gasteiger charge is 2.42. The Hall–Kier alpha value is -2.32. The van der Waals surface area contributed by atoms with Crippen LogP contribution in [0.15, 0.2) is 48.6 Å². The molecule has 2 aliphatic rings. The molecule has 0 unspecified atom stereocenters. The van der Waals surface area contributed by atoms with E-state index in [1.165, 1.54) is 18.2 Å². The van der Waals surface area contributed by atoms with Crippen LogP contribution in [0.5, 0.6) is 5.75 Å². The third kappa shape index (κ3) is 6.58. The summed E-state index contributed by atoms with van der Waals surface area (Å²) >= 11 is 0. The van der Waals surface area contributed by atoms with Gasteiger partial charge in [-0.2, -0.15) is 13.2 Å². The molecule has 1 aromatic rings. The fourth-order valence-corrected chi connectivity index (χ4v) is 4.04. The second-order valence-corrected chi connectivity index (χ2v) is 7.96. The second kappa shape index (κ2) is 10.3. The molecule has 5 atom stereocenters. The molecule has 2 N–H and O–H groups in total. The molecule has 1 aliphatic carbocycles. The number of hydrogen-bond donors (Lipinski definition) is 2. The van der Waals surface area contributed by atoms with E-state index in [9.17, 15) is 28.2 Å². The minimum atomic E-state index is -4.47. The Balaban J connectivity index is 1.60. The summed E-state index contributed by atoms with van der Waals surface area (Å²) in [5.41, 5.74) is -0.825. The van der Waals surface area contributed by atoms with Crippen molar-refractivity contribution in [3.05, 3.63) is 54.1 Å². The molecule has 0 bridgehead atoms. The summed E-state index contributed by atoms with van der Waals surface area (Å²) in [5, 5.41) is 20.7. The minimum Gasteiger partial charge on any atom is -0.491 e. The SMILES string of the molecule is O=C1CCCC=CC[C@@H]2[C@@H](C=C[C@@H](O)COc3cccc(C(F)(F)F)c3)[C@H](O)C[C@@H]2O1. The van der Waals surface area contributed by atoms with Crippen LogP contribution < -0.4 is 4.74 Å². The van der Waals surface area contributed by atoms with Crippen LogP contribution in [0, 0.1) is 11.8 Å². The summed E-state index contributed by atoms with van der Waals surface area (Å²) in [6.45, 7) is -0.233. The molecule has 0 amide bonds. The summed E-state index contributed by atoms with van der Waals surface area (Å²) < 4.78 is 49.2. The molecule has 3 rings (SSSR count). The molecule has 1 fully saturated rings. The maximum absolute atomic E-state index is 12.8. The summed E-state index contributed by atoms with van der Waals surface area (Å²) in [6.07, 6.45) is 3.39. The first kappa shape index (κ1) is 23.3. The lowest BCUT2D eigenvalue weighted by Crippen LogP contribution is -2.25. The van der Waals surface area contributed by atoms with Crippen LogP contribution in [-0.4, -0.2) is 41.1 Å². The van der Waals surface area contributed by atoms with E-state index in [0.717, 1.165) is 25.0 Å². The van der Waals surface area contributed by atoms with Gasteiger partial charge in [-0.1, -0.05) is 30.4 Å². The first-order chi connectivity index (χ1) is 14.7. The molecule has 1 aromatic carbocycles. The molecule has 31 heavy (non-hydrogen) atoms. The normalized spacial score (nSPS) is 28.2. The molecular formula is C23H27F3O5. The highest BCUT2D eigenvalue weighted by molar-refractivity contribution is 5.69. The molecule has 170 valence electrons. The van der Waals surface area contributed by atoms with Crippen molar-refractivity contribution in [1.82, 2.24) is 0 Å². The Morgan fingerprint density at radius 2 is 2.10 bits per heavy atom. The number of carbonyl (C=O) groups excluding carboxylic acids is 1. The van der Waals surface area contributed by atoms with Crippen LogP contribution in [0.4, 0.5) is 13.2 Å². The number of aliphatic hydroxyl groups excluding tert-OH is 2. The molecule has 0 radical (unpaired) electrons. The van der Waals surface area contributed by atoms with Gasteiger partial charge in [0.1, 0.15) is 24.6 Å². The number of allylic oxidation sites excluding steroid dienone is 2. The minimum absolute atomic E-state index is 0.00706.